The second kappa shape index (κ2) is 17.7. The summed E-state index contributed by atoms with van der Waals surface area (Å²) in [6.45, 7) is 2.23. The van der Waals surface area contributed by atoms with Crippen LogP contribution in [0.15, 0.2) is 152 Å². The summed E-state index contributed by atoms with van der Waals surface area (Å²) in [6, 6.07) is 50.6. The van der Waals surface area contributed by atoms with Crippen molar-refractivity contribution in [3.63, 3.8) is 0 Å². The standard InChI is InChI=1S/C41H42O6/c1-6-16-32(17-7-1)26-42-31-37-38(43-27-33-18-8-2-9-19-33)39(44-28-34-20-10-3-11-21-34)40(45-29-35-22-12-4-13-23-35)41(47-37)46-30-36-24-14-5-15-25-36/h1-25,37-41H,26-31H2/t37-,38-,39+,40-,41-/m1/s1. The van der Waals surface area contributed by atoms with E-state index in [1.54, 1.807) is 0 Å². The van der Waals surface area contributed by atoms with Crippen LogP contribution in [0.3, 0.4) is 0 Å². The summed E-state index contributed by atoms with van der Waals surface area (Å²) in [5, 5.41) is 0. The number of hydrogen-bond donors (Lipinski definition) is 0. The fourth-order valence-corrected chi connectivity index (χ4v) is 5.63. The van der Waals surface area contributed by atoms with Crippen LogP contribution in [0.5, 0.6) is 0 Å². The van der Waals surface area contributed by atoms with E-state index in [4.69, 9.17) is 28.4 Å². The van der Waals surface area contributed by atoms with Gasteiger partial charge in [-0.3, -0.25) is 0 Å². The van der Waals surface area contributed by atoms with Crippen LogP contribution < -0.4 is 0 Å². The van der Waals surface area contributed by atoms with Crippen molar-refractivity contribution < 1.29 is 28.4 Å². The van der Waals surface area contributed by atoms with Crippen LogP contribution >= 0.6 is 0 Å². The van der Waals surface area contributed by atoms with Gasteiger partial charge in [-0.25, -0.2) is 0 Å². The summed E-state index contributed by atoms with van der Waals surface area (Å²) < 4.78 is 39.7. The minimum Gasteiger partial charge on any atom is -0.374 e. The van der Waals surface area contributed by atoms with Crippen LogP contribution in [-0.2, 0) is 61.5 Å². The van der Waals surface area contributed by atoms with Gasteiger partial charge in [-0.05, 0) is 27.8 Å². The molecule has 1 heterocycles. The van der Waals surface area contributed by atoms with Crippen LogP contribution in [0.25, 0.3) is 0 Å². The van der Waals surface area contributed by atoms with E-state index in [0.717, 1.165) is 27.8 Å². The maximum atomic E-state index is 6.78. The van der Waals surface area contributed by atoms with Crippen LogP contribution in [0.2, 0.25) is 0 Å². The highest BCUT2D eigenvalue weighted by Gasteiger charge is 2.49. The van der Waals surface area contributed by atoms with E-state index in [1.165, 1.54) is 0 Å². The summed E-state index contributed by atoms with van der Waals surface area (Å²) in [7, 11) is 0. The lowest BCUT2D eigenvalue weighted by Crippen LogP contribution is -2.61. The molecule has 1 fully saturated rings. The maximum absolute atomic E-state index is 6.78. The maximum Gasteiger partial charge on any atom is 0.187 e. The van der Waals surface area contributed by atoms with Crippen molar-refractivity contribution in [3.8, 4) is 0 Å². The molecular weight excluding hydrogens is 588 g/mol. The summed E-state index contributed by atoms with van der Waals surface area (Å²) in [5.74, 6) is 0. The van der Waals surface area contributed by atoms with Gasteiger partial charge in [-0.1, -0.05) is 152 Å². The molecule has 5 aromatic rings. The number of rotatable bonds is 16. The van der Waals surface area contributed by atoms with Gasteiger partial charge in [0.25, 0.3) is 0 Å². The summed E-state index contributed by atoms with van der Waals surface area (Å²) >= 11 is 0. The number of benzene rings is 5. The molecule has 0 saturated carbocycles. The highest BCUT2D eigenvalue weighted by Crippen LogP contribution is 2.32. The topological polar surface area (TPSA) is 55.4 Å². The van der Waals surface area contributed by atoms with Crippen molar-refractivity contribution in [3.05, 3.63) is 179 Å². The van der Waals surface area contributed by atoms with E-state index >= 15 is 0 Å². The van der Waals surface area contributed by atoms with Crippen LogP contribution in [0.4, 0.5) is 0 Å². The fraction of sp³-hybridized carbons (Fsp3) is 0.268. The largest absolute Gasteiger partial charge is 0.374 e. The summed E-state index contributed by atoms with van der Waals surface area (Å²) in [6.07, 6.45) is -2.84. The van der Waals surface area contributed by atoms with Crippen LogP contribution in [-0.4, -0.2) is 37.3 Å². The van der Waals surface area contributed by atoms with Crippen molar-refractivity contribution in [1.82, 2.24) is 0 Å². The molecule has 5 atom stereocenters. The molecule has 6 rings (SSSR count). The Morgan fingerprint density at radius 1 is 0.362 bits per heavy atom. The molecule has 6 nitrogen and oxygen atoms in total. The zero-order valence-electron chi connectivity index (χ0n) is 26.5. The van der Waals surface area contributed by atoms with Gasteiger partial charge in [-0.2, -0.15) is 0 Å². The highest BCUT2D eigenvalue weighted by molar-refractivity contribution is 5.17. The Balaban J connectivity index is 1.29. The molecule has 1 aliphatic heterocycles. The Labute approximate surface area is 277 Å². The second-order valence-corrected chi connectivity index (χ2v) is 11.6. The number of hydrogen-bond acceptors (Lipinski definition) is 6. The van der Waals surface area contributed by atoms with Gasteiger partial charge in [0.05, 0.1) is 39.6 Å². The SMILES string of the molecule is c1ccc(COC[C@H]2O[C@@H](OCc3ccccc3)[C@H](OCc3ccccc3)[C@@H](OCc3ccccc3)[C@@H]2OCc2ccccc2)cc1. The van der Waals surface area contributed by atoms with Gasteiger partial charge >= 0.3 is 0 Å². The highest BCUT2D eigenvalue weighted by atomic mass is 16.7. The molecule has 0 amide bonds. The quantitative estimate of drug-likeness (QED) is 0.111. The van der Waals surface area contributed by atoms with E-state index in [9.17, 15) is 0 Å². The molecule has 0 unspecified atom stereocenters. The van der Waals surface area contributed by atoms with Crippen LogP contribution in [0.1, 0.15) is 27.8 Å². The average molecular weight is 631 g/mol. The lowest BCUT2D eigenvalue weighted by Gasteiger charge is -2.46. The van der Waals surface area contributed by atoms with E-state index in [2.05, 4.69) is 36.4 Å². The molecule has 1 saturated heterocycles. The third-order valence-corrected chi connectivity index (χ3v) is 8.10. The fourth-order valence-electron chi connectivity index (χ4n) is 5.63. The Bertz CT molecular complexity index is 1550. The first-order chi connectivity index (χ1) is 23.3. The molecule has 47 heavy (non-hydrogen) atoms. The minimum atomic E-state index is -0.735. The predicted molar refractivity (Wildman–Crippen MR) is 181 cm³/mol. The second-order valence-electron chi connectivity index (χ2n) is 11.6. The molecular formula is C41H42O6. The first kappa shape index (κ1) is 32.8. The summed E-state index contributed by atoms with van der Waals surface area (Å²) in [5.41, 5.74) is 5.29. The van der Waals surface area contributed by atoms with E-state index in [-0.39, 0.29) is 6.61 Å². The molecule has 0 spiro atoms. The van der Waals surface area contributed by atoms with Crippen molar-refractivity contribution in [2.75, 3.05) is 6.61 Å². The molecule has 6 heteroatoms. The monoisotopic (exact) mass is 630 g/mol. The average Bonchev–Trinajstić information content (AvgIpc) is 3.14. The Hall–Kier alpha value is -4.14. The minimum absolute atomic E-state index is 0.288. The van der Waals surface area contributed by atoms with Crippen LogP contribution in [0, 0.1) is 0 Å². The van der Waals surface area contributed by atoms with Gasteiger partial charge in [0.2, 0.25) is 0 Å². The smallest absolute Gasteiger partial charge is 0.187 e. The Morgan fingerprint density at radius 2 is 0.702 bits per heavy atom. The van der Waals surface area contributed by atoms with Gasteiger partial charge < -0.3 is 28.4 Å². The van der Waals surface area contributed by atoms with Crippen molar-refractivity contribution in [2.45, 2.75) is 63.7 Å². The molecule has 0 radical (unpaired) electrons. The van der Waals surface area contributed by atoms with E-state index < -0.39 is 30.7 Å². The van der Waals surface area contributed by atoms with Gasteiger partial charge in [0.1, 0.15) is 24.4 Å². The van der Waals surface area contributed by atoms with Crippen molar-refractivity contribution in [1.29, 1.82) is 0 Å². The van der Waals surface area contributed by atoms with Gasteiger partial charge in [0, 0.05) is 0 Å². The van der Waals surface area contributed by atoms with E-state index in [1.807, 2.05) is 115 Å². The van der Waals surface area contributed by atoms with Crippen molar-refractivity contribution >= 4 is 0 Å². The predicted octanol–water partition coefficient (Wildman–Crippen LogP) is 7.90. The van der Waals surface area contributed by atoms with Gasteiger partial charge in [-0.15, -0.1) is 0 Å². The molecule has 0 N–H and O–H groups in total. The Morgan fingerprint density at radius 3 is 1.13 bits per heavy atom. The lowest BCUT2D eigenvalue weighted by atomic mass is 9.97. The molecule has 242 valence electrons. The first-order valence-electron chi connectivity index (χ1n) is 16.2. The normalized spacial score (nSPS) is 21.0. The van der Waals surface area contributed by atoms with Crippen molar-refractivity contribution in [2.24, 2.45) is 0 Å². The van der Waals surface area contributed by atoms with E-state index in [0.29, 0.717) is 33.0 Å². The third-order valence-electron chi connectivity index (χ3n) is 8.10. The molecule has 5 aromatic carbocycles. The third kappa shape index (κ3) is 9.92. The molecule has 0 bridgehead atoms. The number of ether oxygens (including phenoxy) is 6. The first-order valence-corrected chi connectivity index (χ1v) is 16.2. The zero-order chi connectivity index (χ0) is 31.9. The Kier molecular flexibility index (Phi) is 12.3. The summed E-state index contributed by atoms with van der Waals surface area (Å²) in [4.78, 5) is 0. The van der Waals surface area contributed by atoms with Gasteiger partial charge in [0.15, 0.2) is 6.29 Å². The molecule has 0 aromatic heterocycles. The molecule has 0 aliphatic carbocycles. The zero-order valence-corrected chi connectivity index (χ0v) is 26.5. The lowest BCUT2D eigenvalue weighted by molar-refractivity contribution is -0.330. The molecule has 1 aliphatic rings.